The lowest BCUT2D eigenvalue weighted by Crippen LogP contribution is -2.38. The van der Waals surface area contributed by atoms with E-state index in [0.29, 0.717) is 33.2 Å². The highest BCUT2D eigenvalue weighted by atomic mass is 79.9. The number of aromatic nitrogens is 3. The van der Waals surface area contributed by atoms with Crippen molar-refractivity contribution in [3.05, 3.63) is 34.6 Å². The highest BCUT2D eigenvalue weighted by Crippen LogP contribution is 2.42. The second-order valence-electron chi connectivity index (χ2n) is 7.73. The van der Waals surface area contributed by atoms with Crippen LogP contribution in [-0.4, -0.2) is 46.9 Å². The van der Waals surface area contributed by atoms with E-state index in [-0.39, 0.29) is 17.7 Å². The predicted octanol–water partition coefficient (Wildman–Crippen LogP) is 4.76. The van der Waals surface area contributed by atoms with Crippen LogP contribution in [0.4, 0.5) is 29.6 Å². The Hall–Kier alpha value is -2.86. The van der Waals surface area contributed by atoms with Gasteiger partial charge in [0, 0.05) is 43.0 Å². The van der Waals surface area contributed by atoms with Crippen molar-refractivity contribution in [3.63, 3.8) is 0 Å². The quantitative estimate of drug-likeness (QED) is 0.453. The molecule has 176 valence electrons. The third-order valence-corrected chi connectivity index (χ3v) is 6.29. The van der Waals surface area contributed by atoms with Crippen molar-refractivity contribution in [1.82, 2.24) is 19.9 Å². The maximum atomic E-state index is 13.9. The first kappa shape index (κ1) is 23.3. The molecule has 1 atom stereocenters. The van der Waals surface area contributed by atoms with Crippen LogP contribution in [0.25, 0.3) is 22.2 Å². The molecule has 0 radical (unpaired) electrons. The number of carbonyl (C=O) groups excluding carboxylic acids is 1. The van der Waals surface area contributed by atoms with E-state index in [1.54, 1.807) is 29.9 Å². The third kappa shape index (κ3) is 4.76. The van der Waals surface area contributed by atoms with Crippen LogP contribution in [0.3, 0.4) is 0 Å². The number of fused-ring (bicyclic) bond motifs is 1. The number of carbonyl (C=O) groups is 1. The minimum absolute atomic E-state index is 0.0388. The second-order valence-corrected chi connectivity index (χ2v) is 8.53. The lowest BCUT2D eigenvalue weighted by molar-refractivity contribution is -0.137. The third-order valence-electron chi connectivity index (χ3n) is 5.48. The van der Waals surface area contributed by atoms with Gasteiger partial charge in [-0.05, 0) is 47.4 Å². The number of rotatable bonds is 4. The molecular weight excluding hydrogens is 505 g/mol. The fourth-order valence-corrected chi connectivity index (χ4v) is 4.65. The van der Waals surface area contributed by atoms with Gasteiger partial charge in [-0.1, -0.05) is 0 Å². The number of aryl methyl sites for hydroxylation is 1. The Morgan fingerprint density at radius 3 is 2.82 bits per heavy atom. The molecule has 8 nitrogen and oxygen atoms in total. The van der Waals surface area contributed by atoms with Gasteiger partial charge in [0.25, 0.3) is 0 Å². The van der Waals surface area contributed by atoms with Gasteiger partial charge < -0.3 is 19.9 Å². The van der Waals surface area contributed by atoms with E-state index < -0.39 is 17.8 Å². The van der Waals surface area contributed by atoms with Crippen molar-refractivity contribution >= 4 is 44.6 Å². The SMILES string of the molecule is COC(=O)Nc1ccc2c(-c3nc(NC4CCCNC4)ncc3C(F)(F)F)cn(C)c2c1Br. The van der Waals surface area contributed by atoms with Crippen LogP contribution >= 0.6 is 15.9 Å². The number of amides is 1. The number of piperidine rings is 1. The molecule has 2 aromatic heterocycles. The number of methoxy groups -OCH3 is 1. The molecular formula is C21H22BrF3N6O2. The minimum atomic E-state index is -4.63. The van der Waals surface area contributed by atoms with E-state index in [1.807, 2.05) is 0 Å². The molecule has 0 bridgehead atoms. The van der Waals surface area contributed by atoms with Crippen LogP contribution in [0.15, 0.2) is 29.0 Å². The number of anilines is 2. The zero-order valence-electron chi connectivity index (χ0n) is 17.9. The highest BCUT2D eigenvalue weighted by molar-refractivity contribution is 9.10. The number of nitrogens with zero attached hydrogens (tertiary/aromatic N) is 3. The zero-order chi connectivity index (χ0) is 23.8. The summed E-state index contributed by atoms with van der Waals surface area (Å²) in [5.41, 5.74) is 0.187. The zero-order valence-corrected chi connectivity index (χ0v) is 19.5. The van der Waals surface area contributed by atoms with Crippen LogP contribution in [0.1, 0.15) is 18.4 Å². The van der Waals surface area contributed by atoms with Gasteiger partial charge >= 0.3 is 12.3 Å². The molecule has 0 saturated carbocycles. The molecule has 33 heavy (non-hydrogen) atoms. The fourth-order valence-electron chi connectivity index (χ4n) is 3.92. The maximum Gasteiger partial charge on any atom is 0.419 e. The van der Waals surface area contributed by atoms with Gasteiger partial charge in [0.05, 0.1) is 28.5 Å². The summed E-state index contributed by atoms with van der Waals surface area (Å²) in [6, 6.07) is 3.27. The standard InChI is InChI=1S/C21H22BrF3N6O2/c1-31-10-13(12-5-6-15(16(22)18(12)31)29-20(32)33-2)17-14(21(23,24)25)9-27-19(30-17)28-11-4-3-7-26-8-11/h5-6,9-11,26H,3-4,7-8H2,1-2H3,(H,29,32)(H,27,28,30). The Bertz CT molecular complexity index is 1190. The molecule has 3 aromatic rings. The second kappa shape index (κ2) is 9.18. The fraction of sp³-hybridized carbons (Fsp3) is 0.381. The Kier molecular flexibility index (Phi) is 6.48. The molecule has 3 N–H and O–H groups in total. The van der Waals surface area contributed by atoms with Crippen molar-refractivity contribution < 1.29 is 22.7 Å². The van der Waals surface area contributed by atoms with Gasteiger partial charge in [0.2, 0.25) is 5.95 Å². The summed E-state index contributed by atoms with van der Waals surface area (Å²) < 4.78 is 48.4. The van der Waals surface area contributed by atoms with Gasteiger partial charge in [-0.15, -0.1) is 0 Å². The summed E-state index contributed by atoms with van der Waals surface area (Å²) in [7, 11) is 2.95. The van der Waals surface area contributed by atoms with Crippen LogP contribution in [-0.2, 0) is 18.0 Å². The van der Waals surface area contributed by atoms with E-state index in [4.69, 9.17) is 0 Å². The topological polar surface area (TPSA) is 93.1 Å². The predicted molar refractivity (Wildman–Crippen MR) is 122 cm³/mol. The molecule has 0 aliphatic carbocycles. The monoisotopic (exact) mass is 526 g/mol. The Morgan fingerprint density at radius 2 is 2.15 bits per heavy atom. The van der Waals surface area contributed by atoms with Gasteiger partial charge in [-0.3, -0.25) is 5.32 Å². The molecule has 1 aliphatic rings. The highest BCUT2D eigenvalue weighted by Gasteiger charge is 2.36. The van der Waals surface area contributed by atoms with Crippen LogP contribution in [0, 0.1) is 0 Å². The number of hydrogen-bond donors (Lipinski definition) is 3. The number of nitrogens with one attached hydrogen (secondary N) is 3. The summed E-state index contributed by atoms with van der Waals surface area (Å²) in [5, 5.41) is 9.50. The number of hydrogen-bond acceptors (Lipinski definition) is 6. The Labute approximate surface area is 196 Å². The molecule has 1 unspecified atom stereocenters. The molecule has 1 fully saturated rings. The van der Waals surface area contributed by atoms with Crippen molar-refractivity contribution in [1.29, 1.82) is 0 Å². The average molecular weight is 527 g/mol. The summed E-state index contributed by atoms with van der Waals surface area (Å²) in [6.45, 7) is 1.60. The van der Waals surface area contributed by atoms with Crippen molar-refractivity contribution in [3.8, 4) is 11.3 Å². The molecule has 1 saturated heterocycles. The van der Waals surface area contributed by atoms with E-state index in [1.165, 1.54) is 7.11 Å². The summed E-state index contributed by atoms with van der Waals surface area (Å²) in [4.78, 5) is 19.9. The first-order chi connectivity index (χ1) is 15.7. The van der Waals surface area contributed by atoms with Crippen molar-refractivity contribution in [2.75, 3.05) is 30.8 Å². The van der Waals surface area contributed by atoms with Crippen molar-refractivity contribution in [2.45, 2.75) is 25.1 Å². The Morgan fingerprint density at radius 1 is 1.36 bits per heavy atom. The largest absolute Gasteiger partial charge is 0.453 e. The average Bonchev–Trinajstić information content (AvgIpc) is 3.12. The lowest BCUT2D eigenvalue weighted by atomic mass is 10.1. The van der Waals surface area contributed by atoms with E-state index >= 15 is 0 Å². The van der Waals surface area contributed by atoms with Crippen LogP contribution < -0.4 is 16.0 Å². The van der Waals surface area contributed by atoms with Crippen LogP contribution in [0.5, 0.6) is 0 Å². The Balaban J connectivity index is 1.82. The molecule has 0 spiro atoms. The van der Waals surface area contributed by atoms with Gasteiger partial charge in [-0.2, -0.15) is 13.2 Å². The van der Waals surface area contributed by atoms with Gasteiger partial charge in [0.1, 0.15) is 5.56 Å². The summed E-state index contributed by atoms with van der Waals surface area (Å²) >= 11 is 3.45. The van der Waals surface area contributed by atoms with E-state index in [9.17, 15) is 18.0 Å². The summed E-state index contributed by atoms with van der Waals surface area (Å²) in [6.07, 6.45) is -1.05. The summed E-state index contributed by atoms with van der Waals surface area (Å²) in [5.74, 6) is 0.145. The molecule has 12 heteroatoms. The van der Waals surface area contributed by atoms with E-state index in [2.05, 4.69) is 46.6 Å². The number of ether oxygens (including phenoxy) is 1. The lowest BCUT2D eigenvalue weighted by Gasteiger charge is -2.24. The number of benzene rings is 1. The molecule has 1 aliphatic heterocycles. The minimum Gasteiger partial charge on any atom is -0.453 e. The van der Waals surface area contributed by atoms with E-state index in [0.717, 1.165) is 25.6 Å². The molecule has 4 rings (SSSR count). The first-order valence-corrected chi connectivity index (χ1v) is 11.0. The smallest absolute Gasteiger partial charge is 0.419 e. The molecule has 1 amide bonds. The number of alkyl halides is 3. The van der Waals surface area contributed by atoms with Gasteiger partial charge in [0.15, 0.2) is 0 Å². The maximum absolute atomic E-state index is 13.9. The van der Waals surface area contributed by atoms with Crippen LogP contribution in [0.2, 0.25) is 0 Å². The first-order valence-electron chi connectivity index (χ1n) is 10.2. The molecule has 3 heterocycles. The van der Waals surface area contributed by atoms with Gasteiger partial charge in [-0.25, -0.2) is 14.8 Å². The molecule has 1 aromatic carbocycles. The number of halogens is 4. The van der Waals surface area contributed by atoms with Crippen molar-refractivity contribution in [2.24, 2.45) is 7.05 Å². The normalized spacial score (nSPS) is 16.6.